The molecule has 1 aliphatic heterocycles. The average molecular weight is 282 g/mol. The average Bonchev–Trinajstić information content (AvgIpc) is 2.40. The van der Waals surface area contributed by atoms with Crippen molar-refractivity contribution in [2.24, 2.45) is 0 Å². The fourth-order valence-corrected chi connectivity index (χ4v) is 2.80. The maximum absolute atomic E-state index is 6.21. The molecule has 0 amide bonds. The highest BCUT2D eigenvalue weighted by atomic mass is 35.5. The van der Waals surface area contributed by atoms with Crippen LogP contribution in [0.3, 0.4) is 0 Å². The van der Waals surface area contributed by atoms with Gasteiger partial charge in [-0.15, -0.1) is 0 Å². The van der Waals surface area contributed by atoms with Crippen LogP contribution in [-0.2, 0) is 6.54 Å². The summed E-state index contributed by atoms with van der Waals surface area (Å²) in [6, 6.07) is 3.21. The molecule has 3 nitrogen and oxygen atoms in total. The van der Waals surface area contributed by atoms with Crippen molar-refractivity contribution in [3.8, 4) is 0 Å². The summed E-state index contributed by atoms with van der Waals surface area (Å²) in [6.07, 6.45) is 7.48. The predicted molar refractivity (Wildman–Crippen MR) is 80.4 cm³/mol. The maximum atomic E-state index is 6.21. The van der Waals surface area contributed by atoms with Crippen molar-refractivity contribution in [3.05, 3.63) is 29.0 Å². The second-order valence-corrected chi connectivity index (χ2v) is 6.06. The van der Waals surface area contributed by atoms with Gasteiger partial charge in [-0.2, -0.15) is 0 Å². The van der Waals surface area contributed by atoms with Crippen molar-refractivity contribution in [2.45, 2.75) is 51.7 Å². The molecule has 0 bridgehead atoms. The largest absolute Gasteiger partial charge is 0.313 e. The number of pyridine rings is 1. The first-order valence-corrected chi connectivity index (χ1v) is 7.60. The van der Waals surface area contributed by atoms with Gasteiger partial charge in [-0.25, -0.2) is 0 Å². The number of piperidine rings is 1. The predicted octanol–water partition coefficient (Wildman–Crippen LogP) is 3.09. The maximum Gasteiger partial charge on any atom is 0.0634 e. The van der Waals surface area contributed by atoms with E-state index in [1.807, 2.05) is 12.3 Å². The lowest BCUT2D eigenvalue weighted by atomic mass is 10.0. The minimum Gasteiger partial charge on any atom is -0.313 e. The zero-order chi connectivity index (χ0) is 13.7. The van der Waals surface area contributed by atoms with Gasteiger partial charge in [0.15, 0.2) is 0 Å². The van der Waals surface area contributed by atoms with Gasteiger partial charge in [0, 0.05) is 37.6 Å². The lowest BCUT2D eigenvalue weighted by molar-refractivity contribution is 0.136. The Kier molecular flexibility index (Phi) is 5.61. The molecule has 0 saturated carbocycles. The Morgan fingerprint density at radius 3 is 3.05 bits per heavy atom. The van der Waals surface area contributed by atoms with Gasteiger partial charge in [0.25, 0.3) is 0 Å². The number of aromatic nitrogens is 1. The van der Waals surface area contributed by atoms with E-state index in [1.165, 1.54) is 31.4 Å². The quantitative estimate of drug-likeness (QED) is 0.899. The highest BCUT2D eigenvalue weighted by molar-refractivity contribution is 6.31. The van der Waals surface area contributed by atoms with E-state index in [1.54, 1.807) is 6.20 Å². The molecular weight excluding hydrogens is 258 g/mol. The lowest BCUT2D eigenvalue weighted by Gasteiger charge is -2.36. The molecule has 0 radical (unpaired) electrons. The van der Waals surface area contributed by atoms with E-state index in [0.29, 0.717) is 12.1 Å². The van der Waals surface area contributed by atoms with E-state index in [4.69, 9.17) is 11.6 Å². The summed E-state index contributed by atoms with van der Waals surface area (Å²) < 4.78 is 0. The number of nitrogens with one attached hydrogen (secondary N) is 1. The summed E-state index contributed by atoms with van der Waals surface area (Å²) in [5.74, 6) is 0. The van der Waals surface area contributed by atoms with Crippen LogP contribution in [0, 0.1) is 0 Å². The first kappa shape index (κ1) is 14.8. The van der Waals surface area contributed by atoms with Crippen LogP contribution in [0.2, 0.25) is 5.02 Å². The minimum atomic E-state index is 0.549. The summed E-state index contributed by atoms with van der Waals surface area (Å²) in [5, 5.41) is 4.34. The second-order valence-electron chi connectivity index (χ2n) is 5.65. The van der Waals surface area contributed by atoms with Gasteiger partial charge in [0.1, 0.15) is 0 Å². The second kappa shape index (κ2) is 7.22. The Morgan fingerprint density at radius 1 is 1.47 bits per heavy atom. The molecule has 1 aliphatic rings. The normalized spacial score (nSPS) is 20.9. The molecule has 0 aromatic carbocycles. The molecule has 0 aliphatic carbocycles. The van der Waals surface area contributed by atoms with Crippen molar-refractivity contribution < 1.29 is 0 Å². The molecule has 0 spiro atoms. The van der Waals surface area contributed by atoms with Crippen LogP contribution in [0.15, 0.2) is 18.5 Å². The van der Waals surface area contributed by atoms with Crippen molar-refractivity contribution >= 4 is 11.6 Å². The Hall–Kier alpha value is -0.640. The molecule has 2 rings (SSSR count). The standard InChI is InChI=1S/C15H24ClN3/c1-12(2)18-9-14-5-3-4-8-19(14)11-13-6-7-17-10-15(13)16/h6-7,10,12,14,18H,3-5,8-9,11H2,1-2H3. The van der Waals surface area contributed by atoms with Crippen LogP contribution in [0.25, 0.3) is 0 Å². The SMILES string of the molecule is CC(C)NCC1CCCCN1Cc1ccncc1Cl. The first-order valence-electron chi connectivity index (χ1n) is 7.22. The fraction of sp³-hybridized carbons (Fsp3) is 0.667. The van der Waals surface area contributed by atoms with Crippen molar-refractivity contribution in [3.63, 3.8) is 0 Å². The van der Waals surface area contributed by atoms with Crippen LogP contribution in [0.5, 0.6) is 0 Å². The van der Waals surface area contributed by atoms with Crippen LogP contribution >= 0.6 is 11.6 Å². The van der Waals surface area contributed by atoms with E-state index >= 15 is 0 Å². The number of halogens is 1. The number of likely N-dealkylation sites (tertiary alicyclic amines) is 1. The van der Waals surface area contributed by atoms with Gasteiger partial charge in [-0.1, -0.05) is 31.9 Å². The van der Waals surface area contributed by atoms with Crippen molar-refractivity contribution in [2.75, 3.05) is 13.1 Å². The third-order valence-electron chi connectivity index (χ3n) is 3.74. The summed E-state index contributed by atoms with van der Waals surface area (Å²) in [5.41, 5.74) is 1.19. The number of rotatable bonds is 5. The molecule has 1 N–H and O–H groups in total. The van der Waals surface area contributed by atoms with E-state index in [9.17, 15) is 0 Å². The third kappa shape index (κ3) is 4.44. The molecule has 2 heterocycles. The zero-order valence-corrected chi connectivity index (χ0v) is 12.7. The monoisotopic (exact) mass is 281 g/mol. The molecule has 1 aromatic rings. The topological polar surface area (TPSA) is 28.2 Å². The molecule has 1 atom stereocenters. The van der Waals surface area contributed by atoms with Crippen molar-refractivity contribution in [1.29, 1.82) is 0 Å². The molecule has 1 saturated heterocycles. The summed E-state index contributed by atoms with van der Waals surface area (Å²) in [4.78, 5) is 6.61. The Labute approximate surface area is 121 Å². The molecular formula is C15H24ClN3. The van der Waals surface area contributed by atoms with E-state index in [0.717, 1.165) is 18.1 Å². The van der Waals surface area contributed by atoms with Gasteiger partial charge in [0.05, 0.1) is 5.02 Å². The summed E-state index contributed by atoms with van der Waals surface area (Å²) >= 11 is 6.21. The lowest BCUT2D eigenvalue weighted by Crippen LogP contribution is -2.46. The zero-order valence-electron chi connectivity index (χ0n) is 11.9. The fourth-order valence-electron chi connectivity index (χ4n) is 2.62. The molecule has 1 unspecified atom stereocenters. The van der Waals surface area contributed by atoms with E-state index in [-0.39, 0.29) is 0 Å². The van der Waals surface area contributed by atoms with Crippen molar-refractivity contribution in [1.82, 2.24) is 15.2 Å². The summed E-state index contributed by atoms with van der Waals surface area (Å²) in [7, 11) is 0. The van der Waals surface area contributed by atoms with Gasteiger partial charge < -0.3 is 5.32 Å². The summed E-state index contributed by atoms with van der Waals surface area (Å²) in [6.45, 7) is 7.58. The van der Waals surface area contributed by atoms with Gasteiger partial charge >= 0.3 is 0 Å². The van der Waals surface area contributed by atoms with Crippen LogP contribution in [0.4, 0.5) is 0 Å². The van der Waals surface area contributed by atoms with Gasteiger partial charge in [-0.05, 0) is 31.0 Å². The highest BCUT2D eigenvalue weighted by Crippen LogP contribution is 2.22. The molecule has 1 aromatic heterocycles. The highest BCUT2D eigenvalue weighted by Gasteiger charge is 2.22. The minimum absolute atomic E-state index is 0.549. The molecule has 1 fully saturated rings. The number of nitrogens with zero attached hydrogens (tertiary/aromatic N) is 2. The van der Waals surface area contributed by atoms with E-state index < -0.39 is 0 Å². The molecule has 106 valence electrons. The van der Waals surface area contributed by atoms with Gasteiger partial charge in [-0.3, -0.25) is 9.88 Å². The molecule has 19 heavy (non-hydrogen) atoms. The Morgan fingerprint density at radius 2 is 2.32 bits per heavy atom. The third-order valence-corrected chi connectivity index (χ3v) is 4.08. The Bertz CT molecular complexity index is 395. The number of hydrogen-bond acceptors (Lipinski definition) is 3. The van der Waals surface area contributed by atoms with Crippen LogP contribution in [-0.4, -0.2) is 35.1 Å². The van der Waals surface area contributed by atoms with E-state index in [2.05, 4.69) is 29.0 Å². The van der Waals surface area contributed by atoms with Crippen LogP contribution < -0.4 is 5.32 Å². The van der Waals surface area contributed by atoms with Gasteiger partial charge in [0.2, 0.25) is 0 Å². The first-order chi connectivity index (χ1) is 9.16. The van der Waals surface area contributed by atoms with Crippen LogP contribution in [0.1, 0.15) is 38.7 Å². The Balaban J connectivity index is 1.97. The molecule has 4 heteroatoms. The number of hydrogen-bond donors (Lipinski definition) is 1. The smallest absolute Gasteiger partial charge is 0.0634 e.